The monoisotopic (exact) mass is 503 g/mol. The van der Waals surface area contributed by atoms with Crippen molar-refractivity contribution in [1.29, 1.82) is 0 Å². The summed E-state index contributed by atoms with van der Waals surface area (Å²) < 4.78 is 21.6. The molecular formula is C20H31FIN5O. The van der Waals surface area contributed by atoms with Crippen molar-refractivity contribution in [2.24, 2.45) is 10.9 Å². The highest BCUT2D eigenvalue weighted by atomic mass is 127. The minimum atomic E-state index is -0.294. The molecule has 0 bridgehead atoms. The van der Waals surface area contributed by atoms with Crippen LogP contribution in [0.3, 0.4) is 0 Å². The fraction of sp³-hybridized carbons (Fsp3) is 0.500. The van der Waals surface area contributed by atoms with Gasteiger partial charge in [-0.3, -0.25) is 0 Å². The largest absolute Gasteiger partial charge is 0.380 e. The molecule has 1 aromatic carbocycles. The summed E-state index contributed by atoms with van der Waals surface area (Å²) in [7, 11) is 0. The Bertz CT molecular complexity index is 707. The number of imidazole rings is 1. The van der Waals surface area contributed by atoms with Gasteiger partial charge in [0.25, 0.3) is 0 Å². The van der Waals surface area contributed by atoms with Gasteiger partial charge in [-0.1, -0.05) is 19.9 Å². The van der Waals surface area contributed by atoms with Crippen LogP contribution >= 0.6 is 24.0 Å². The maximum absolute atomic E-state index is 14.3. The van der Waals surface area contributed by atoms with Crippen LogP contribution in [-0.2, 0) is 11.3 Å². The molecule has 0 aliphatic carbocycles. The molecule has 0 aliphatic heterocycles. The van der Waals surface area contributed by atoms with E-state index in [9.17, 15) is 4.39 Å². The maximum atomic E-state index is 14.3. The van der Waals surface area contributed by atoms with Crippen LogP contribution in [0, 0.1) is 11.7 Å². The molecule has 0 saturated carbocycles. The van der Waals surface area contributed by atoms with Crippen molar-refractivity contribution in [3.8, 4) is 5.69 Å². The molecule has 0 radical (unpaired) electrons. The average molecular weight is 503 g/mol. The second-order valence-corrected chi connectivity index (χ2v) is 6.67. The summed E-state index contributed by atoms with van der Waals surface area (Å²) in [5.41, 5.74) is 1.28. The van der Waals surface area contributed by atoms with E-state index in [0.29, 0.717) is 37.3 Å². The summed E-state index contributed by atoms with van der Waals surface area (Å²) in [5, 5.41) is 6.42. The zero-order valence-corrected chi connectivity index (χ0v) is 19.2. The van der Waals surface area contributed by atoms with E-state index in [1.807, 2.05) is 13.0 Å². The third kappa shape index (κ3) is 8.55. The molecule has 28 heavy (non-hydrogen) atoms. The van der Waals surface area contributed by atoms with Gasteiger partial charge in [0.2, 0.25) is 0 Å². The molecule has 0 atom stereocenters. The molecule has 156 valence electrons. The second-order valence-electron chi connectivity index (χ2n) is 6.67. The van der Waals surface area contributed by atoms with E-state index in [1.165, 1.54) is 6.07 Å². The summed E-state index contributed by atoms with van der Waals surface area (Å²) in [4.78, 5) is 8.46. The third-order valence-electron chi connectivity index (χ3n) is 3.94. The second kappa shape index (κ2) is 13.5. The molecule has 2 rings (SSSR count). The number of ether oxygens (including phenoxy) is 1. The Hall–Kier alpha value is -1.68. The van der Waals surface area contributed by atoms with Gasteiger partial charge in [0.15, 0.2) is 5.96 Å². The fourth-order valence-electron chi connectivity index (χ4n) is 2.43. The van der Waals surface area contributed by atoms with E-state index in [0.717, 1.165) is 25.1 Å². The van der Waals surface area contributed by atoms with Crippen LogP contribution < -0.4 is 10.6 Å². The smallest absolute Gasteiger partial charge is 0.191 e. The number of halogens is 2. The summed E-state index contributed by atoms with van der Waals surface area (Å²) in [5.74, 6) is 1.05. The van der Waals surface area contributed by atoms with E-state index < -0.39 is 0 Å². The highest BCUT2D eigenvalue weighted by Crippen LogP contribution is 2.15. The van der Waals surface area contributed by atoms with E-state index in [1.54, 1.807) is 29.4 Å². The van der Waals surface area contributed by atoms with Crippen molar-refractivity contribution in [2.45, 2.75) is 33.7 Å². The zero-order valence-electron chi connectivity index (χ0n) is 16.8. The number of benzene rings is 1. The molecule has 6 nitrogen and oxygen atoms in total. The van der Waals surface area contributed by atoms with Crippen LogP contribution in [0.2, 0.25) is 0 Å². The minimum absolute atomic E-state index is 0. The first-order valence-electron chi connectivity index (χ1n) is 9.46. The first-order valence-corrected chi connectivity index (χ1v) is 9.46. The summed E-state index contributed by atoms with van der Waals surface area (Å²) in [6.45, 7) is 9.61. The zero-order chi connectivity index (χ0) is 19.5. The van der Waals surface area contributed by atoms with Gasteiger partial charge in [0, 0.05) is 32.1 Å². The highest BCUT2D eigenvalue weighted by Gasteiger charge is 2.05. The van der Waals surface area contributed by atoms with Crippen LogP contribution in [0.5, 0.6) is 0 Å². The summed E-state index contributed by atoms with van der Waals surface area (Å²) in [6.07, 6.45) is 5.98. The van der Waals surface area contributed by atoms with Gasteiger partial charge in [0.1, 0.15) is 5.82 Å². The molecule has 2 N–H and O–H groups in total. The Kier molecular flexibility index (Phi) is 11.7. The molecule has 8 heteroatoms. The number of nitrogens with zero attached hydrogens (tertiary/aromatic N) is 3. The van der Waals surface area contributed by atoms with Gasteiger partial charge >= 0.3 is 0 Å². The topological polar surface area (TPSA) is 63.5 Å². The number of rotatable bonds is 10. The van der Waals surface area contributed by atoms with Crippen molar-refractivity contribution < 1.29 is 9.13 Å². The van der Waals surface area contributed by atoms with Gasteiger partial charge in [0.05, 0.1) is 25.2 Å². The molecule has 0 spiro atoms. The van der Waals surface area contributed by atoms with E-state index in [-0.39, 0.29) is 29.8 Å². The van der Waals surface area contributed by atoms with E-state index in [2.05, 4.69) is 34.5 Å². The predicted molar refractivity (Wildman–Crippen MR) is 122 cm³/mol. The van der Waals surface area contributed by atoms with Crippen molar-refractivity contribution in [3.05, 3.63) is 48.3 Å². The van der Waals surface area contributed by atoms with Crippen LogP contribution in [0.4, 0.5) is 4.39 Å². The SMILES string of the molecule is CCNC(=NCc1ccc(-n2ccnc2)c(F)c1)NCCOCCC(C)C.I. The van der Waals surface area contributed by atoms with Crippen LogP contribution in [0.25, 0.3) is 5.69 Å². The van der Waals surface area contributed by atoms with Gasteiger partial charge in [-0.05, 0) is 37.0 Å². The Morgan fingerprint density at radius 2 is 2.11 bits per heavy atom. The molecule has 0 amide bonds. The van der Waals surface area contributed by atoms with Crippen LogP contribution in [0.15, 0.2) is 41.9 Å². The number of nitrogens with one attached hydrogen (secondary N) is 2. The molecule has 0 saturated heterocycles. The lowest BCUT2D eigenvalue weighted by Crippen LogP contribution is -2.39. The highest BCUT2D eigenvalue weighted by molar-refractivity contribution is 14.0. The minimum Gasteiger partial charge on any atom is -0.380 e. The van der Waals surface area contributed by atoms with Crippen LogP contribution in [0.1, 0.15) is 32.8 Å². The number of hydrogen-bond acceptors (Lipinski definition) is 3. The summed E-state index contributed by atoms with van der Waals surface area (Å²) >= 11 is 0. The van der Waals surface area contributed by atoms with Gasteiger partial charge in [-0.15, -0.1) is 24.0 Å². The van der Waals surface area contributed by atoms with Crippen molar-refractivity contribution >= 4 is 29.9 Å². The third-order valence-corrected chi connectivity index (χ3v) is 3.94. The first kappa shape index (κ1) is 24.4. The lowest BCUT2D eigenvalue weighted by molar-refractivity contribution is 0.128. The molecule has 0 unspecified atom stereocenters. The van der Waals surface area contributed by atoms with E-state index in [4.69, 9.17) is 4.74 Å². The van der Waals surface area contributed by atoms with Gasteiger partial charge in [-0.25, -0.2) is 14.4 Å². The quantitative estimate of drug-likeness (QED) is 0.225. The maximum Gasteiger partial charge on any atom is 0.191 e. The Balaban J connectivity index is 0.00000392. The molecule has 2 aromatic rings. The fourth-order valence-corrected chi connectivity index (χ4v) is 2.43. The molecule has 1 aromatic heterocycles. The van der Waals surface area contributed by atoms with Crippen molar-refractivity contribution in [3.63, 3.8) is 0 Å². The molecule has 1 heterocycles. The Morgan fingerprint density at radius 3 is 2.75 bits per heavy atom. The van der Waals surface area contributed by atoms with E-state index >= 15 is 0 Å². The van der Waals surface area contributed by atoms with Gasteiger partial charge < -0.3 is 19.9 Å². The molecule has 0 fully saturated rings. The first-order chi connectivity index (χ1) is 13.1. The standard InChI is InChI=1S/C20H30FN5O.HI/c1-4-23-20(24-9-12-27-11-7-16(2)3)25-14-17-5-6-19(18(21)13-17)26-10-8-22-15-26;/h5-6,8,10,13,15-16H,4,7,9,11-12,14H2,1-3H3,(H2,23,24,25);1H. The number of aromatic nitrogens is 2. The Labute approximate surface area is 184 Å². The van der Waals surface area contributed by atoms with Crippen LogP contribution in [-0.4, -0.2) is 41.8 Å². The average Bonchev–Trinajstić information content (AvgIpc) is 3.16. The summed E-state index contributed by atoms with van der Waals surface area (Å²) in [6, 6.07) is 5.13. The number of hydrogen-bond donors (Lipinski definition) is 2. The predicted octanol–water partition coefficient (Wildman–Crippen LogP) is 3.75. The normalized spacial score (nSPS) is 11.4. The molecular weight excluding hydrogens is 472 g/mol. The number of guanidine groups is 1. The lowest BCUT2D eigenvalue weighted by Gasteiger charge is -2.12. The Morgan fingerprint density at radius 1 is 1.29 bits per heavy atom. The lowest BCUT2D eigenvalue weighted by atomic mass is 10.1. The molecule has 0 aliphatic rings. The van der Waals surface area contributed by atoms with Gasteiger partial charge in [-0.2, -0.15) is 0 Å². The number of aliphatic imine (C=N–C) groups is 1. The van der Waals surface area contributed by atoms with Crippen molar-refractivity contribution in [1.82, 2.24) is 20.2 Å². The van der Waals surface area contributed by atoms with Crippen molar-refractivity contribution in [2.75, 3.05) is 26.3 Å².